The third kappa shape index (κ3) is 5.39. The number of carbonyl (C=O) groups excluding carboxylic acids is 2. The molecule has 0 saturated carbocycles. The molecule has 0 radical (unpaired) electrons. The maximum absolute atomic E-state index is 12.8. The fourth-order valence-electron chi connectivity index (χ4n) is 3.30. The first kappa shape index (κ1) is 20.0. The predicted molar refractivity (Wildman–Crippen MR) is 109 cm³/mol. The molecule has 0 unspecified atom stereocenters. The molecule has 1 saturated heterocycles. The molecule has 0 aliphatic carbocycles. The number of amides is 2. The third-order valence-electron chi connectivity index (χ3n) is 4.97. The maximum Gasteiger partial charge on any atom is 0.255 e. The molecule has 1 N–H and O–H groups in total. The number of benzene rings is 1. The zero-order valence-electron chi connectivity index (χ0n) is 16.4. The lowest BCUT2D eigenvalue weighted by Gasteiger charge is -2.34. The minimum absolute atomic E-state index is 0.0601. The monoisotopic (exact) mass is 380 g/mol. The highest BCUT2D eigenvalue weighted by Crippen LogP contribution is 2.12. The average Bonchev–Trinajstić information content (AvgIpc) is 2.75. The Morgan fingerprint density at radius 2 is 1.75 bits per heavy atom. The van der Waals surface area contributed by atoms with Crippen LogP contribution in [0.25, 0.3) is 0 Å². The summed E-state index contributed by atoms with van der Waals surface area (Å²) in [6.45, 7) is 6.65. The van der Waals surface area contributed by atoms with Gasteiger partial charge in [0.05, 0.1) is 11.1 Å². The second-order valence-corrected chi connectivity index (χ2v) is 7.13. The van der Waals surface area contributed by atoms with E-state index < -0.39 is 0 Å². The molecule has 1 aliphatic heterocycles. The topological polar surface area (TPSA) is 65.5 Å². The summed E-state index contributed by atoms with van der Waals surface area (Å²) in [6, 6.07) is 12.0. The molecular weight excluding hydrogens is 352 g/mol. The predicted octanol–water partition coefficient (Wildman–Crippen LogP) is 2.57. The first-order valence-electron chi connectivity index (χ1n) is 9.96. The average molecular weight is 380 g/mol. The summed E-state index contributed by atoms with van der Waals surface area (Å²) < 4.78 is 0. The Bertz CT molecular complexity index is 786. The number of hydrogen-bond donors (Lipinski definition) is 1. The van der Waals surface area contributed by atoms with Crippen molar-refractivity contribution in [3.05, 3.63) is 65.5 Å². The van der Waals surface area contributed by atoms with E-state index in [4.69, 9.17) is 0 Å². The van der Waals surface area contributed by atoms with E-state index in [1.807, 2.05) is 23.1 Å². The summed E-state index contributed by atoms with van der Waals surface area (Å²) in [5.74, 6) is -0.238. The lowest BCUT2D eigenvalue weighted by molar-refractivity contribution is 0.0628. The highest BCUT2D eigenvalue weighted by molar-refractivity contribution is 5.99. The Morgan fingerprint density at radius 1 is 1.04 bits per heavy atom. The summed E-state index contributed by atoms with van der Waals surface area (Å²) in [5, 5.41) is 2.86. The minimum Gasteiger partial charge on any atom is -0.352 e. The van der Waals surface area contributed by atoms with E-state index in [9.17, 15) is 9.59 Å². The van der Waals surface area contributed by atoms with Gasteiger partial charge in [0, 0.05) is 51.7 Å². The number of hydrogen-bond acceptors (Lipinski definition) is 4. The standard InChI is InChI=1S/C22H28N4O2/c1-2-3-9-24-21(27)19-14-20(16-23-15-19)22(28)26-12-10-25(11-13-26)17-18-7-5-4-6-8-18/h4-8,14-16H,2-3,9-13,17H2,1H3,(H,24,27). The largest absolute Gasteiger partial charge is 0.352 e. The molecule has 1 aliphatic rings. The maximum atomic E-state index is 12.8. The van der Waals surface area contributed by atoms with Crippen molar-refractivity contribution in [1.29, 1.82) is 0 Å². The van der Waals surface area contributed by atoms with Crippen LogP contribution >= 0.6 is 0 Å². The molecule has 3 rings (SSSR count). The van der Waals surface area contributed by atoms with Gasteiger partial charge in [0.15, 0.2) is 0 Å². The lowest BCUT2D eigenvalue weighted by Crippen LogP contribution is -2.48. The van der Waals surface area contributed by atoms with Crippen molar-refractivity contribution in [2.75, 3.05) is 32.7 Å². The fraction of sp³-hybridized carbons (Fsp3) is 0.409. The number of nitrogens with one attached hydrogen (secondary N) is 1. The second-order valence-electron chi connectivity index (χ2n) is 7.13. The van der Waals surface area contributed by atoms with Crippen LogP contribution in [0.4, 0.5) is 0 Å². The quantitative estimate of drug-likeness (QED) is 0.750. The van der Waals surface area contributed by atoms with E-state index in [1.165, 1.54) is 11.8 Å². The molecule has 28 heavy (non-hydrogen) atoms. The van der Waals surface area contributed by atoms with E-state index in [0.717, 1.165) is 32.5 Å². The summed E-state index contributed by atoms with van der Waals surface area (Å²) in [6.07, 6.45) is 5.01. The van der Waals surface area contributed by atoms with Gasteiger partial charge in [-0.05, 0) is 18.1 Å². The number of nitrogens with zero attached hydrogens (tertiary/aromatic N) is 3. The summed E-state index contributed by atoms with van der Waals surface area (Å²) in [5.41, 5.74) is 2.19. The van der Waals surface area contributed by atoms with Crippen LogP contribution in [0.1, 0.15) is 46.0 Å². The molecule has 6 nitrogen and oxygen atoms in total. The van der Waals surface area contributed by atoms with Crippen LogP contribution in [0.2, 0.25) is 0 Å². The highest BCUT2D eigenvalue weighted by atomic mass is 16.2. The zero-order chi connectivity index (χ0) is 19.8. The molecule has 0 bridgehead atoms. The van der Waals surface area contributed by atoms with Crippen molar-refractivity contribution in [2.45, 2.75) is 26.3 Å². The van der Waals surface area contributed by atoms with E-state index in [2.05, 4.69) is 34.3 Å². The molecule has 0 atom stereocenters. The number of aromatic nitrogens is 1. The molecule has 1 fully saturated rings. The molecule has 1 aromatic carbocycles. The van der Waals surface area contributed by atoms with E-state index >= 15 is 0 Å². The van der Waals surface area contributed by atoms with Gasteiger partial charge >= 0.3 is 0 Å². The SMILES string of the molecule is CCCCNC(=O)c1cncc(C(=O)N2CCN(Cc3ccccc3)CC2)c1. The summed E-state index contributed by atoms with van der Waals surface area (Å²) in [4.78, 5) is 33.3. The molecule has 2 amide bonds. The molecule has 6 heteroatoms. The molecule has 2 aromatic rings. The van der Waals surface area contributed by atoms with Crippen molar-refractivity contribution < 1.29 is 9.59 Å². The van der Waals surface area contributed by atoms with Crippen LogP contribution in [0.15, 0.2) is 48.8 Å². The van der Waals surface area contributed by atoms with Gasteiger partial charge in [0.1, 0.15) is 0 Å². The molecule has 1 aromatic heterocycles. The van der Waals surface area contributed by atoms with E-state index in [1.54, 1.807) is 12.3 Å². The zero-order valence-corrected chi connectivity index (χ0v) is 16.4. The fourth-order valence-corrected chi connectivity index (χ4v) is 3.30. The van der Waals surface area contributed by atoms with Gasteiger partial charge in [-0.3, -0.25) is 19.5 Å². The molecule has 148 valence electrons. The molecule has 2 heterocycles. The third-order valence-corrected chi connectivity index (χ3v) is 4.97. The first-order valence-corrected chi connectivity index (χ1v) is 9.96. The number of piperazine rings is 1. The van der Waals surface area contributed by atoms with Crippen LogP contribution in [0.5, 0.6) is 0 Å². The summed E-state index contributed by atoms with van der Waals surface area (Å²) in [7, 11) is 0. The Hall–Kier alpha value is -2.73. The van der Waals surface area contributed by atoms with E-state index in [-0.39, 0.29) is 11.8 Å². The number of pyridine rings is 1. The van der Waals surface area contributed by atoms with Gasteiger partial charge in [0.2, 0.25) is 0 Å². The Kier molecular flexibility index (Phi) is 7.14. The van der Waals surface area contributed by atoms with Crippen LogP contribution in [0, 0.1) is 0 Å². The Labute approximate surface area is 166 Å². The van der Waals surface area contributed by atoms with Gasteiger partial charge in [-0.2, -0.15) is 0 Å². The minimum atomic E-state index is -0.178. The van der Waals surface area contributed by atoms with Crippen LogP contribution in [0.3, 0.4) is 0 Å². The normalized spacial score (nSPS) is 14.7. The van der Waals surface area contributed by atoms with Crippen LogP contribution < -0.4 is 5.32 Å². The van der Waals surface area contributed by atoms with Gasteiger partial charge < -0.3 is 10.2 Å². The molecular formula is C22H28N4O2. The van der Waals surface area contributed by atoms with Gasteiger partial charge in [-0.1, -0.05) is 43.7 Å². The number of rotatable bonds is 7. The van der Waals surface area contributed by atoms with Crippen molar-refractivity contribution in [3.8, 4) is 0 Å². The van der Waals surface area contributed by atoms with Gasteiger partial charge in [-0.15, -0.1) is 0 Å². The van der Waals surface area contributed by atoms with Crippen molar-refractivity contribution >= 4 is 11.8 Å². The Morgan fingerprint density at radius 3 is 2.46 bits per heavy atom. The second kappa shape index (κ2) is 9.99. The molecule has 0 spiro atoms. The van der Waals surface area contributed by atoms with Gasteiger partial charge in [0.25, 0.3) is 11.8 Å². The van der Waals surface area contributed by atoms with Crippen molar-refractivity contribution in [3.63, 3.8) is 0 Å². The number of unbranched alkanes of at least 4 members (excludes halogenated alkanes) is 1. The van der Waals surface area contributed by atoms with E-state index in [0.29, 0.717) is 30.8 Å². The van der Waals surface area contributed by atoms with Crippen molar-refractivity contribution in [2.24, 2.45) is 0 Å². The summed E-state index contributed by atoms with van der Waals surface area (Å²) >= 11 is 0. The first-order chi connectivity index (χ1) is 13.7. The Balaban J connectivity index is 1.55. The van der Waals surface area contributed by atoms with Crippen molar-refractivity contribution in [1.82, 2.24) is 20.1 Å². The number of carbonyl (C=O) groups is 2. The lowest BCUT2D eigenvalue weighted by atomic mass is 10.1. The van der Waals surface area contributed by atoms with Crippen LogP contribution in [-0.2, 0) is 6.54 Å². The smallest absolute Gasteiger partial charge is 0.255 e. The highest BCUT2D eigenvalue weighted by Gasteiger charge is 2.23. The van der Waals surface area contributed by atoms with Gasteiger partial charge in [-0.25, -0.2) is 0 Å². The van der Waals surface area contributed by atoms with Crippen LogP contribution in [-0.4, -0.2) is 59.3 Å².